The van der Waals surface area contributed by atoms with Crippen molar-refractivity contribution in [3.05, 3.63) is 54.1 Å². The summed E-state index contributed by atoms with van der Waals surface area (Å²) < 4.78 is 5.68. The molecule has 0 aliphatic heterocycles. The van der Waals surface area contributed by atoms with Crippen LogP contribution < -0.4 is 0 Å². The molecule has 0 amide bonds. The van der Waals surface area contributed by atoms with Gasteiger partial charge in [-0.1, -0.05) is 6.07 Å². The Morgan fingerprint density at radius 1 is 1.32 bits per heavy atom. The van der Waals surface area contributed by atoms with E-state index in [2.05, 4.69) is 9.97 Å². The molecule has 0 bridgehead atoms. The van der Waals surface area contributed by atoms with Crippen molar-refractivity contribution in [2.75, 3.05) is 6.61 Å². The van der Waals surface area contributed by atoms with E-state index < -0.39 is 0 Å². The number of rotatable bonds is 5. The van der Waals surface area contributed by atoms with Crippen LogP contribution in [0.5, 0.6) is 5.75 Å². The summed E-state index contributed by atoms with van der Waals surface area (Å²) in [6.45, 7) is 1.29. The van der Waals surface area contributed by atoms with Crippen molar-refractivity contribution in [2.45, 2.75) is 18.9 Å². The molecular formula is C15H16N2O2. The molecule has 0 aromatic carbocycles. The Morgan fingerprint density at radius 3 is 3.05 bits per heavy atom. The maximum atomic E-state index is 9.40. The number of pyridine rings is 2. The van der Waals surface area contributed by atoms with E-state index in [4.69, 9.17) is 4.74 Å². The fourth-order valence-electron chi connectivity index (χ4n) is 2.29. The van der Waals surface area contributed by atoms with E-state index in [1.807, 2.05) is 24.4 Å². The molecule has 2 unspecified atom stereocenters. The topological polar surface area (TPSA) is 55.2 Å². The van der Waals surface area contributed by atoms with Crippen LogP contribution in [-0.4, -0.2) is 21.7 Å². The summed E-state index contributed by atoms with van der Waals surface area (Å²) in [7, 11) is 0. The van der Waals surface area contributed by atoms with Crippen LogP contribution in [0.3, 0.4) is 0 Å². The molecule has 1 aliphatic rings. The minimum atomic E-state index is 0.234. The molecule has 2 aromatic heterocycles. The average molecular weight is 256 g/mol. The summed E-state index contributed by atoms with van der Waals surface area (Å²) in [6, 6.07) is 7.61. The fourth-order valence-corrected chi connectivity index (χ4v) is 2.29. The maximum Gasteiger partial charge on any atom is 0.134 e. The van der Waals surface area contributed by atoms with Gasteiger partial charge in [-0.2, -0.15) is 0 Å². The van der Waals surface area contributed by atoms with Gasteiger partial charge in [0.1, 0.15) is 5.75 Å². The lowest BCUT2D eigenvalue weighted by atomic mass is 10.1. The number of aromatic nitrogens is 2. The first kappa shape index (κ1) is 12.1. The van der Waals surface area contributed by atoms with Gasteiger partial charge in [0.25, 0.3) is 0 Å². The van der Waals surface area contributed by atoms with E-state index in [1.54, 1.807) is 12.3 Å². The molecule has 98 valence electrons. The Hall–Kier alpha value is -1.94. The number of ether oxygens (including phenoxy) is 1. The average Bonchev–Trinajstić information content (AvgIpc) is 3.20. The first-order valence-electron chi connectivity index (χ1n) is 6.44. The first-order chi connectivity index (χ1) is 9.33. The Bertz CT molecular complexity index is 545. The minimum Gasteiger partial charge on any atom is -0.506 e. The summed E-state index contributed by atoms with van der Waals surface area (Å²) in [5, 5.41) is 9.40. The van der Waals surface area contributed by atoms with Crippen LogP contribution in [0.25, 0.3) is 0 Å². The lowest BCUT2D eigenvalue weighted by molar-refractivity contribution is 0.107. The molecule has 2 heterocycles. The molecule has 0 spiro atoms. The van der Waals surface area contributed by atoms with Gasteiger partial charge in [0.15, 0.2) is 0 Å². The highest BCUT2D eigenvalue weighted by Crippen LogP contribution is 2.47. The van der Waals surface area contributed by atoms with Crippen LogP contribution in [0, 0.1) is 5.92 Å². The molecule has 2 aromatic rings. The zero-order valence-electron chi connectivity index (χ0n) is 10.6. The third-order valence-electron chi connectivity index (χ3n) is 3.40. The number of nitrogens with zero attached hydrogens (tertiary/aromatic N) is 2. The largest absolute Gasteiger partial charge is 0.506 e. The lowest BCUT2D eigenvalue weighted by Crippen LogP contribution is -2.00. The van der Waals surface area contributed by atoms with Crippen LogP contribution in [0.2, 0.25) is 0 Å². The van der Waals surface area contributed by atoms with Crippen molar-refractivity contribution >= 4 is 0 Å². The van der Waals surface area contributed by atoms with Crippen LogP contribution in [0.1, 0.15) is 23.6 Å². The van der Waals surface area contributed by atoms with Crippen LogP contribution in [0.4, 0.5) is 0 Å². The van der Waals surface area contributed by atoms with Crippen molar-refractivity contribution in [3.8, 4) is 5.75 Å². The monoisotopic (exact) mass is 256 g/mol. The molecule has 4 heteroatoms. The van der Waals surface area contributed by atoms with Gasteiger partial charge in [-0.25, -0.2) is 0 Å². The molecule has 3 rings (SSSR count). The minimum absolute atomic E-state index is 0.234. The molecule has 0 saturated heterocycles. The van der Waals surface area contributed by atoms with Crippen molar-refractivity contribution in [1.82, 2.24) is 9.97 Å². The predicted molar refractivity (Wildman–Crippen MR) is 70.6 cm³/mol. The van der Waals surface area contributed by atoms with Crippen molar-refractivity contribution in [2.24, 2.45) is 5.92 Å². The van der Waals surface area contributed by atoms with E-state index in [-0.39, 0.29) is 5.75 Å². The quantitative estimate of drug-likeness (QED) is 0.893. The highest BCUT2D eigenvalue weighted by Gasteiger charge is 2.38. The highest BCUT2D eigenvalue weighted by molar-refractivity contribution is 5.29. The second-order valence-electron chi connectivity index (χ2n) is 4.91. The van der Waals surface area contributed by atoms with Gasteiger partial charge >= 0.3 is 0 Å². The van der Waals surface area contributed by atoms with Gasteiger partial charge in [0.2, 0.25) is 0 Å². The zero-order chi connectivity index (χ0) is 13.1. The van der Waals surface area contributed by atoms with Gasteiger partial charge < -0.3 is 9.84 Å². The van der Waals surface area contributed by atoms with Crippen LogP contribution in [0.15, 0.2) is 42.9 Å². The Morgan fingerprint density at radius 2 is 2.26 bits per heavy atom. The molecule has 1 saturated carbocycles. The van der Waals surface area contributed by atoms with Gasteiger partial charge in [0, 0.05) is 12.4 Å². The van der Waals surface area contributed by atoms with E-state index in [0.29, 0.717) is 18.4 Å². The van der Waals surface area contributed by atoms with E-state index in [1.165, 1.54) is 6.20 Å². The van der Waals surface area contributed by atoms with Crippen molar-refractivity contribution < 1.29 is 9.84 Å². The fraction of sp³-hybridized carbons (Fsp3) is 0.333. The van der Waals surface area contributed by atoms with Crippen LogP contribution >= 0.6 is 0 Å². The third kappa shape index (κ3) is 3.09. The van der Waals surface area contributed by atoms with Crippen LogP contribution in [-0.2, 0) is 11.3 Å². The standard InChI is InChI=1S/C15H16N2O2/c18-14-5-11(7-16-8-14)15-6-12(15)9-19-10-13-3-1-2-4-17-13/h1-5,7-8,12,15,18H,6,9-10H2. The second kappa shape index (κ2) is 5.36. The molecule has 4 nitrogen and oxygen atoms in total. The zero-order valence-corrected chi connectivity index (χ0v) is 10.6. The van der Waals surface area contributed by atoms with E-state index >= 15 is 0 Å². The van der Waals surface area contributed by atoms with Gasteiger partial charge in [-0.15, -0.1) is 0 Å². The van der Waals surface area contributed by atoms with E-state index in [0.717, 1.165) is 24.3 Å². The lowest BCUT2D eigenvalue weighted by Gasteiger charge is -2.03. The Labute approximate surface area is 112 Å². The summed E-state index contributed by atoms with van der Waals surface area (Å²) in [5.74, 6) is 1.24. The Kier molecular flexibility index (Phi) is 3.42. The van der Waals surface area contributed by atoms with Gasteiger partial charge in [0.05, 0.1) is 25.1 Å². The first-order valence-corrected chi connectivity index (χ1v) is 6.44. The normalized spacial score (nSPS) is 21.3. The summed E-state index contributed by atoms with van der Waals surface area (Å²) in [5.41, 5.74) is 2.06. The maximum absolute atomic E-state index is 9.40. The Balaban J connectivity index is 1.46. The van der Waals surface area contributed by atoms with Gasteiger partial charge in [-0.05, 0) is 42.0 Å². The SMILES string of the molecule is Oc1cncc(C2CC2COCc2ccccn2)c1. The molecule has 1 aliphatic carbocycles. The summed E-state index contributed by atoms with van der Waals surface area (Å²) >= 11 is 0. The van der Waals surface area contributed by atoms with E-state index in [9.17, 15) is 5.11 Å². The second-order valence-corrected chi connectivity index (χ2v) is 4.91. The molecular weight excluding hydrogens is 240 g/mol. The summed E-state index contributed by atoms with van der Waals surface area (Å²) in [6.07, 6.45) is 6.16. The highest BCUT2D eigenvalue weighted by atomic mass is 16.5. The molecule has 19 heavy (non-hydrogen) atoms. The number of aromatic hydroxyl groups is 1. The number of hydrogen-bond donors (Lipinski definition) is 1. The van der Waals surface area contributed by atoms with Gasteiger partial charge in [-0.3, -0.25) is 9.97 Å². The van der Waals surface area contributed by atoms with Crippen molar-refractivity contribution in [1.29, 1.82) is 0 Å². The molecule has 1 fully saturated rings. The number of hydrogen-bond acceptors (Lipinski definition) is 4. The third-order valence-corrected chi connectivity index (χ3v) is 3.40. The summed E-state index contributed by atoms with van der Waals surface area (Å²) in [4.78, 5) is 8.22. The van der Waals surface area contributed by atoms with Crippen molar-refractivity contribution in [3.63, 3.8) is 0 Å². The molecule has 1 N–H and O–H groups in total. The molecule has 0 radical (unpaired) electrons. The predicted octanol–water partition coefficient (Wildman–Crippen LogP) is 2.50. The molecule has 2 atom stereocenters. The smallest absolute Gasteiger partial charge is 0.134 e.